The maximum atomic E-state index is 12.3. The third-order valence-electron chi connectivity index (χ3n) is 3.92. The number of benzene rings is 1. The van der Waals surface area contributed by atoms with E-state index in [2.05, 4.69) is 33.4 Å². The molecule has 0 spiro atoms. The van der Waals surface area contributed by atoms with Crippen LogP contribution in [-0.2, 0) is 16.1 Å². The molecule has 0 atom stereocenters. The zero-order valence-corrected chi connectivity index (χ0v) is 14.8. The monoisotopic (exact) mass is 376 g/mol. The largest absolute Gasteiger partial charge is 0.381 e. The number of nitrogens with one attached hydrogen (secondary N) is 1. The minimum absolute atomic E-state index is 0. The average Bonchev–Trinajstić information content (AvgIpc) is 2.38. The highest BCUT2D eigenvalue weighted by Gasteiger charge is 2.35. The molecule has 1 fully saturated rings. The number of hydrogen-bond acceptors (Lipinski definition) is 3. The molecule has 1 aliphatic heterocycles. The van der Waals surface area contributed by atoms with E-state index in [-0.39, 0.29) is 18.3 Å². The fourth-order valence-electron chi connectivity index (χ4n) is 2.53. The molecule has 0 radical (unpaired) electrons. The second-order valence-corrected chi connectivity index (χ2v) is 6.39. The van der Waals surface area contributed by atoms with Gasteiger partial charge in [-0.2, -0.15) is 0 Å². The molecule has 1 saturated heterocycles. The lowest BCUT2D eigenvalue weighted by Crippen LogP contribution is -2.56. The summed E-state index contributed by atoms with van der Waals surface area (Å²) in [5.41, 5.74) is 8.86. The number of halogens is 2. The van der Waals surface area contributed by atoms with Crippen LogP contribution in [0.5, 0.6) is 0 Å². The Labute approximate surface area is 140 Å². The van der Waals surface area contributed by atoms with Crippen LogP contribution < -0.4 is 11.1 Å². The van der Waals surface area contributed by atoms with Gasteiger partial charge in [0.2, 0.25) is 5.91 Å². The quantitative estimate of drug-likeness (QED) is 0.851. The van der Waals surface area contributed by atoms with Gasteiger partial charge in [0.25, 0.3) is 0 Å². The Bertz CT molecular complexity index is 493. The topological polar surface area (TPSA) is 64.4 Å². The van der Waals surface area contributed by atoms with Crippen molar-refractivity contribution >= 4 is 34.2 Å². The molecular formula is C15H22BrClN2O2. The highest BCUT2D eigenvalue weighted by atomic mass is 79.9. The summed E-state index contributed by atoms with van der Waals surface area (Å²) in [4.78, 5) is 12.3. The smallest absolute Gasteiger partial charge is 0.240 e. The molecule has 1 aliphatic rings. The average molecular weight is 378 g/mol. The van der Waals surface area contributed by atoms with Crippen LogP contribution in [0.4, 0.5) is 0 Å². The first kappa shape index (κ1) is 18.4. The molecule has 0 aromatic heterocycles. The summed E-state index contributed by atoms with van der Waals surface area (Å²) in [7, 11) is 0. The van der Waals surface area contributed by atoms with Gasteiger partial charge < -0.3 is 15.8 Å². The minimum atomic E-state index is -0.782. The van der Waals surface area contributed by atoms with Crippen LogP contribution in [-0.4, -0.2) is 24.7 Å². The molecule has 1 heterocycles. The molecule has 0 bridgehead atoms. The van der Waals surface area contributed by atoms with Crippen molar-refractivity contribution in [2.24, 2.45) is 5.73 Å². The van der Waals surface area contributed by atoms with Gasteiger partial charge in [-0.15, -0.1) is 12.4 Å². The number of carbonyl (C=O) groups excluding carboxylic acids is 1. The summed E-state index contributed by atoms with van der Waals surface area (Å²) in [5.74, 6) is -0.0810. The third-order valence-corrected chi connectivity index (χ3v) is 4.38. The predicted octanol–water partition coefficient (Wildman–Crippen LogP) is 2.61. The standard InChI is InChI=1S/C15H21BrN2O2.ClH/c1-10-7-12(16)8-11(2)13(10)9-18-14(19)15(17)3-5-20-6-4-15;/h7-8H,3-6,9,17H2,1-2H3,(H,18,19);1H. The maximum absolute atomic E-state index is 12.3. The minimum Gasteiger partial charge on any atom is -0.381 e. The van der Waals surface area contributed by atoms with E-state index in [1.807, 2.05) is 13.8 Å². The van der Waals surface area contributed by atoms with Crippen molar-refractivity contribution < 1.29 is 9.53 Å². The molecule has 21 heavy (non-hydrogen) atoms. The summed E-state index contributed by atoms with van der Waals surface area (Å²) < 4.78 is 6.32. The number of amides is 1. The summed E-state index contributed by atoms with van der Waals surface area (Å²) in [6, 6.07) is 4.11. The van der Waals surface area contributed by atoms with E-state index in [9.17, 15) is 4.79 Å². The number of carbonyl (C=O) groups is 1. The van der Waals surface area contributed by atoms with Crippen molar-refractivity contribution in [3.63, 3.8) is 0 Å². The number of rotatable bonds is 3. The molecule has 2 rings (SSSR count). The first-order valence-corrected chi connectivity index (χ1v) is 7.62. The molecule has 1 amide bonds. The second kappa shape index (κ2) is 7.58. The summed E-state index contributed by atoms with van der Waals surface area (Å²) in [6.45, 7) is 5.72. The van der Waals surface area contributed by atoms with E-state index in [1.165, 1.54) is 0 Å². The Hall–Kier alpha value is -0.620. The zero-order valence-electron chi connectivity index (χ0n) is 12.4. The normalized spacial score (nSPS) is 17.0. The number of nitrogens with two attached hydrogens (primary N) is 1. The van der Waals surface area contributed by atoms with Crippen molar-refractivity contribution in [1.82, 2.24) is 5.32 Å². The Morgan fingerprint density at radius 1 is 1.33 bits per heavy atom. The summed E-state index contributed by atoms with van der Waals surface area (Å²) >= 11 is 3.48. The lowest BCUT2D eigenvalue weighted by molar-refractivity contribution is -0.129. The highest BCUT2D eigenvalue weighted by Crippen LogP contribution is 2.21. The number of ether oxygens (including phenoxy) is 1. The first-order valence-electron chi connectivity index (χ1n) is 6.83. The van der Waals surface area contributed by atoms with E-state index in [0.717, 1.165) is 21.2 Å². The molecule has 4 nitrogen and oxygen atoms in total. The summed E-state index contributed by atoms with van der Waals surface area (Å²) in [5, 5.41) is 2.98. The SMILES string of the molecule is Cc1cc(Br)cc(C)c1CNC(=O)C1(N)CCOCC1.Cl. The zero-order chi connectivity index (χ0) is 14.8. The van der Waals surface area contributed by atoms with Crippen LogP contribution in [0.1, 0.15) is 29.5 Å². The van der Waals surface area contributed by atoms with Crippen LogP contribution >= 0.6 is 28.3 Å². The van der Waals surface area contributed by atoms with E-state index in [1.54, 1.807) is 0 Å². The summed E-state index contributed by atoms with van der Waals surface area (Å²) in [6.07, 6.45) is 1.16. The number of aryl methyl sites for hydroxylation is 2. The van der Waals surface area contributed by atoms with Gasteiger partial charge in [-0.3, -0.25) is 4.79 Å². The third kappa shape index (κ3) is 4.42. The maximum Gasteiger partial charge on any atom is 0.240 e. The van der Waals surface area contributed by atoms with Crippen LogP contribution in [0.25, 0.3) is 0 Å². The van der Waals surface area contributed by atoms with Gasteiger partial charge in [-0.1, -0.05) is 15.9 Å². The van der Waals surface area contributed by atoms with Crippen molar-refractivity contribution in [3.8, 4) is 0 Å². The highest BCUT2D eigenvalue weighted by molar-refractivity contribution is 9.10. The molecule has 0 aliphatic carbocycles. The Balaban J connectivity index is 0.00000220. The fraction of sp³-hybridized carbons (Fsp3) is 0.533. The van der Waals surface area contributed by atoms with Gasteiger partial charge in [0.05, 0.1) is 5.54 Å². The first-order chi connectivity index (χ1) is 9.42. The van der Waals surface area contributed by atoms with Crippen molar-refractivity contribution in [2.75, 3.05) is 13.2 Å². The lowest BCUT2D eigenvalue weighted by Gasteiger charge is -2.32. The fourth-order valence-corrected chi connectivity index (χ4v) is 3.21. The van der Waals surface area contributed by atoms with Crippen molar-refractivity contribution in [2.45, 2.75) is 38.8 Å². The van der Waals surface area contributed by atoms with E-state index in [4.69, 9.17) is 10.5 Å². The van der Waals surface area contributed by atoms with E-state index in [0.29, 0.717) is 32.6 Å². The van der Waals surface area contributed by atoms with Gasteiger partial charge in [0.15, 0.2) is 0 Å². The van der Waals surface area contributed by atoms with E-state index >= 15 is 0 Å². The molecule has 6 heteroatoms. The van der Waals surface area contributed by atoms with Gasteiger partial charge in [-0.25, -0.2) is 0 Å². The van der Waals surface area contributed by atoms with Crippen LogP contribution in [0, 0.1) is 13.8 Å². The number of hydrogen-bond donors (Lipinski definition) is 2. The molecule has 1 aromatic carbocycles. The van der Waals surface area contributed by atoms with Gasteiger partial charge >= 0.3 is 0 Å². The van der Waals surface area contributed by atoms with Crippen LogP contribution in [0.2, 0.25) is 0 Å². The van der Waals surface area contributed by atoms with Gasteiger partial charge in [0, 0.05) is 24.2 Å². The Morgan fingerprint density at radius 2 is 1.86 bits per heavy atom. The van der Waals surface area contributed by atoms with Crippen molar-refractivity contribution in [3.05, 3.63) is 33.3 Å². The molecule has 1 aromatic rings. The molecule has 3 N–H and O–H groups in total. The van der Waals surface area contributed by atoms with E-state index < -0.39 is 5.54 Å². The molecule has 0 unspecified atom stereocenters. The Kier molecular flexibility index (Phi) is 6.66. The molecule has 0 saturated carbocycles. The van der Waals surface area contributed by atoms with Gasteiger partial charge in [0.1, 0.15) is 0 Å². The lowest BCUT2D eigenvalue weighted by atomic mass is 9.90. The Morgan fingerprint density at radius 3 is 2.38 bits per heavy atom. The van der Waals surface area contributed by atoms with Crippen LogP contribution in [0.3, 0.4) is 0 Å². The molecule has 118 valence electrons. The van der Waals surface area contributed by atoms with Crippen LogP contribution in [0.15, 0.2) is 16.6 Å². The van der Waals surface area contributed by atoms with Crippen molar-refractivity contribution in [1.29, 1.82) is 0 Å². The molecular weight excluding hydrogens is 356 g/mol. The predicted molar refractivity (Wildman–Crippen MR) is 89.7 cm³/mol. The second-order valence-electron chi connectivity index (χ2n) is 5.47. The van der Waals surface area contributed by atoms with Gasteiger partial charge in [-0.05, 0) is 55.5 Å².